The second-order valence-electron chi connectivity index (χ2n) is 8.20. The molecule has 1 aromatic carbocycles. The number of thiophene rings is 1. The molecule has 3 aromatic rings. The standard InChI is InChI=1S/C23H24FN3O3S/c1-13(2)10-19-22(28)25-18(21-9-4-14(3)31-21)12-27(19)23(29)17-11-20(30-26-17)15-5-7-16(24)8-6-15/h4-9,11,13,18-19H,10,12H2,1-3H3,(H,25,28)/t18-,19+/m1/s1. The van der Waals surface area contributed by atoms with Crippen LogP contribution in [0, 0.1) is 18.7 Å². The van der Waals surface area contributed by atoms with Crippen molar-refractivity contribution in [2.24, 2.45) is 5.92 Å². The van der Waals surface area contributed by atoms with Crippen LogP contribution < -0.4 is 5.32 Å². The number of hydrogen-bond acceptors (Lipinski definition) is 5. The normalized spacial score (nSPS) is 19.0. The molecule has 6 nitrogen and oxygen atoms in total. The van der Waals surface area contributed by atoms with Gasteiger partial charge in [-0.3, -0.25) is 9.59 Å². The van der Waals surface area contributed by atoms with Crippen molar-refractivity contribution in [2.75, 3.05) is 6.54 Å². The first-order chi connectivity index (χ1) is 14.8. The fourth-order valence-electron chi connectivity index (χ4n) is 3.76. The number of nitrogens with zero attached hydrogens (tertiary/aromatic N) is 2. The Morgan fingerprint density at radius 1 is 1.29 bits per heavy atom. The number of benzene rings is 1. The Morgan fingerprint density at radius 2 is 2.03 bits per heavy atom. The zero-order valence-corrected chi connectivity index (χ0v) is 18.4. The van der Waals surface area contributed by atoms with Gasteiger partial charge in [-0.2, -0.15) is 0 Å². The van der Waals surface area contributed by atoms with E-state index in [1.165, 1.54) is 12.1 Å². The van der Waals surface area contributed by atoms with Gasteiger partial charge in [-0.1, -0.05) is 19.0 Å². The number of halogens is 1. The Labute approximate surface area is 184 Å². The van der Waals surface area contributed by atoms with Crippen LogP contribution in [0.5, 0.6) is 0 Å². The minimum Gasteiger partial charge on any atom is -0.355 e. The molecule has 3 heterocycles. The Balaban J connectivity index is 1.62. The van der Waals surface area contributed by atoms with Crippen molar-refractivity contribution >= 4 is 23.2 Å². The largest absolute Gasteiger partial charge is 0.355 e. The lowest BCUT2D eigenvalue weighted by Crippen LogP contribution is -2.58. The minimum absolute atomic E-state index is 0.129. The summed E-state index contributed by atoms with van der Waals surface area (Å²) in [6, 6.07) is 10.5. The number of hydrogen-bond donors (Lipinski definition) is 1. The molecule has 1 saturated heterocycles. The Morgan fingerprint density at radius 3 is 2.68 bits per heavy atom. The second kappa shape index (κ2) is 8.63. The highest BCUT2D eigenvalue weighted by molar-refractivity contribution is 7.12. The lowest BCUT2D eigenvalue weighted by atomic mass is 9.97. The number of piperazine rings is 1. The van der Waals surface area contributed by atoms with E-state index in [0.717, 1.165) is 9.75 Å². The van der Waals surface area contributed by atoms with Crippen LogP contribution in [-0.4, -0.2) is 34.5 Å². The lowest BCUT2D eigenvalue weighted by Gasteiger charge is -2.39. The number of nitrogens with one attached hydrogen (secondary N) is 1. The lowest BCUT2D eigenvalue weighted by molar-refractivity contribution is -0.130. The monoisotopic (exact) mass is 441 g/mol. The third-order valence-electron chi connectivity index (χ3n) is 5.29. The number of carbonyl (C=O) groups is 2. The Bertz CT molecular complexity index is 1090. The van der Waals surface area contributed by atoms with E-state index in [2.05, 4.69) is 10.5 Å². The molecule has 31 heavy (non-hydrogen) atoms. The van der Waals surface area contributed by atoms with Crippen molar-refractivity contribution in [3.05, 3.63) is 63.7 Å². The number of amides is 2. The zero-order chi connectivity index (χ0) is 22.1. The smallest absolute Gasteiger partial charge is 0.276 e. The molecule has 162 valence electrons. The van der Waals surface area contributed by atoms with Crippen LogP contribution in [-0.2, 0) is 4.79 Å². The van der Waals surface area contributed by atoms with Gasteiger partial charge in [-0.25, -0.2) is 4.39 Å². The summed E-state index contributed by atoms with van der Waals surface area (Å²) in [5.41, 5.74) is 0.749. The molecular weight excluding hydrogens is 417 g/mol. The van der Waals surface area contributed by atoms with Crippen LogP contribution in [0.1, 0.15) is 46.6 Å². The predicted molar refractivity (Wildman–Crippen MR) is 116 cm³/mol. The fraction of sp³-hybridized carbons (Fsp3) is 0.348. The average Bonchev–Trinajstić information content (AvgIpc) is 3.38. The number of aryl methyl sites for hydroxylation is 1. The summed E-state index contributed by atoms with van der Waals surface area (Å²) >= 11 is 1.61. The molecule has 0 radical (unpaired) electrons. The third kappa shape index (κ3) is 4.54. The average molecular weight is 442 g/mol. The molecule has 1 N–H and O–H groups in total. The first kappa shape index (κ1) is 21.2. The van der Waals surface area contributed by atoms with Crippen molar-refractivity contribution in [1.82, 2.24) is 15.4 Å². The Hall–Kier alpha value is -3.00. The maximum Gasteiger partial charge on any atom is 0.276 e. The highest BCUT2D eigenvalue weighted by Gasteiger charge is 2.39. The van der Waals surface area contributed by atoms with Gasteiger partial charge in [0.05, 0.1) is 6.04 Å². The molecule has 0 unspecified atom stereocenters. The van der Waals surface area contributed by atoms with Crippen molar-refractivity contribution in [2.45, 2.75) is 39.3 Å². The van der Waals surface area contributed by atoms with E-state index in [-0.39, 0.29) is 35.3 Å². The first-order valence-corrected chi connectivity index (χ1v) is 11.0. The molecule has 1 aliphatic heterocycles. The van der Waals surface area contributed by atoms with E-state index in [1.807, 2.05) is 32.9 Å². The molecule has 2 aromatic heterocycles. The molecular formula is C23H24FN3O3S. The van der Waals surface area contributed by atoms with Crippen LogP contribution in [0.15, 0.2) is 47.0 Å². The number of aromatic nitrogens is 1. The molecule has 0 bridgehead atoms. The topological polar surface area (TPSA) is 75.4 Å². The summed E-state index contributed by atoms with van der Waals surface area (Å²) in [7, 11) is 0. The van der Waals surface area contributed by atoms with Crippen LogP contribution >= 0.6 is 11.3 Å². The van der Waals surface area contributed by atoms with Crippen LogP contribution in [0.2, 0.25) is 0 Å². The molecule has 2 amide bonds. The van der Waals surface area contributed by atoms with Gasteiger partial charge in [0.15, 0.2) is 11.5 Å². The van der Waals surface area contributed by atoms with Crippen molar-refractivity contribution in [3.63, 3.8) is 0 Å². The van der Waals surface area contributed by atoms with Crippen molar-refractivity contribution in [1.29, 1.82) is 0 Å². The number of rotatable bonds is 5. The van der Waals surface area contributed by atoms with E-state index < -0.39 is 6.04 Å². The van der Waals surface area contributed by atoms with E-state index in [0.29, 0.717) is 24.3 Å². The van der Waals surface area contributed by atoms with Crippen LogP contribution in [0.4, 0.5) is 4.39 Å². The maximum absolute atomic E-state index is 13.4. The molecule has 0 aliphatic carbocycles. The van der Waals surface area contributed by atoms with Crippen LogP contribution in [0.3, 0.4) is 0 Å². The second-order valence-corrected chi connectivity index (χ2v) is 9.52. The summed E-state index contributed by atoms with van der Waals surface area (Å²) in [5.74, 6) is -0.262. The summed E-state index contributed by atoms with van der Waals surface area (Å²) in [6.07, 6.45) is 0.552. The van der Waals surface area contributed by atoms with Gasteiger partial charge < -0.3 is 14.7 Å². The summed E-state index contributed by atoms with van der Waals surface area (Å²) in [6.45, 7) is 6.41. The third-order valence-corrected chi connectivity index (χ3v) is 6.41. The quantitative estimate of drug-likeness (QED) is 0.629. The summed E-state index contributed by atoms with van der Waals surface area (Å²) < 4.78 is 18.5. The van der Waals surface area contributed by atoms with Gasteiger partial charge in [-0.05, 0) is 55.7 Å². The molecule has 2 atom stereocenters. The first-order valence-electron chi connectivity index (χ1n) is 10.2. The molecule has 1 fully saturated rings. The van der Waals surface area contributed by atoms with Gasteiger partial charge >= 0.3 is 0 Å². The minimum atomic E-state index is -0.573. The summed E-state index contributed by atoms with van der Waals surface area (Å²) in [4.78, 5) is 30.1. The van der Waals surface area contributed by atoms with E-state index in [1.54, 1.807) is 34.4 Å². The maximum atomic E-state index is 13.4. The zero-order valence-electron chi connectivity index (χ0n) is 17.6. The van der Waals surface area contributed by atoms with Gasteiger partial charge in [0.1, 0.15) is 11.9 Å². The molecule has 0 saturated carbocycles. The Kier molecular flexibility index (Phi) is 5.91. The summed E-state index contributed by atoms with van der Waals surface area (Å²) in [5, 5.41) is 7.01. The highest BCUT2D eigenvalue weighted by atomic mass is 32.1. The molecule has 1 aliphatic rings. The predicted octanol–water partition coefficient (Wildman–Crippen LogP) is 4.58. The SMILES string of the molecule is Cc1ccc([C@H]2CN(C(=O)c3cc(-c4ccc(F)cc4)on3)[C@@H](CC(C)C)C(=O)N2)s1. The molecule has 0 spiro atoms. The fourth-order valence-corrected chi connectivity index (χ4v) is 4.68. The van der Waals surface area contributed by atoms with Crippen molar-refractivity contribution < 1.29 is 18.5 Å². The van der Waals surface area contributed by atoms with E-state index in [4.69, 9.17) is 4.52 Å². The number of carbonyl (C=O) groups excluding carboxylic acids is 2. The van der Waals surface area contributed by atoms with Crippen LogP contribution in [0.25, 0.3) is 11.3 Å². The molecule has 8 heteroatoms. The van der Waals surface area contributed by atoms with Gasteiger partial charge in [-0.15, -0.1) is 11.3 Å². The van der Waals surface area contributed by atoms with E-state index >= 15 is 0 Å². The van der Waals surface area contributed by atoms with Crippen molar-refractivity contribution in [3.8, 4) is 11.3 Å². The van der Waals surface area contributed by atoms with Gasteiger partial charge in [0.25, 0.3) is 5.91 Å². The highest BCUT2D eigenvalue weighted by Crippen LogP contribution is 2.30. The molecule has 4 rings (SSSR count). The van der Waals surface area contributed by atoms with Gasteiger partial charge in [0.2, 0.25) is 5.91 Å². The van der Waals surface area contributed by atoms with E-state index in [9.17, 15) is 14.0 Å². The van der Waals surface area contributed by atoms with Gasteiger partial charge in [0, 0.05) is 27.9 Å².